The van der Waals surface area contributed by atoms with Crippen LogP contribution in [0.5, 0.6) is 0 Å². The van der Waals surface area contributed by atoms with E-state index in [4.69, 9.17) is 10.9 Å². The zero-order chi connectivity index (χ0) is 11.8. The van der Waals surface area contributed by atoms with Gasteiger partial charge in [-0.3, -0.25) is 5.32 Å². The van der Waals surface area contributed by atoms with Gasteiger partial charge in [0.25, 0.3) is 0 Å². The molecule has 1 aromatic rings. The van der Waals surface area contributed by atoms with Crippen LogP contribution in [0.1, 0.15) is 32.0 Å². The molecular weight excluding hydrogens is 222 g/mol. The van der Waals surface area contributed by atoms with Gasteiger partial charge in [0.05, 0.1) is 18.8 Å². The molecule has 0 aliphatic rings. The van der Waals surface area contributed by atoms with E-state index in [1.807, 2.05) is 11.8 Å². The van der Waals surface area contributed by atoms with Crippen molar-refractivity contribution in [2.24, 2.45) is 0 Å². The van der Waals surface area contributed by atoms with Gasteiger partial charge in [0.2, 0.25) is 5.89 Å². The molecule has 0 saturated heterocycles. The van der Waals surface area contributed by atoms with E-state index in [9.17, 15) is 0 Å². The summed E-state index contributed by atoms with van der Waals surface area (Å²) >= 11 is 1.83. The summed E-state index contributed by atoms with van der Waals surface area (Å²) in [6, 6.07) is 0. The van der Waals surface area contributed by atoms with E-state index in [0.717, 1.165) is 18.0 Å². The number of nitrogens with one attached hydrogen (secondary N) is 1. The van der Waals surface area contributed by atoms with E-state index in [1.165, 1.54) is 0 Å². The van der Waals surface area contributed by atoms with Crippen LogP contribution in [-0.4, -0.2) is 21.9 Å². The van der Waals surface area contributed by atoms with Gasteiger partial charge in [0, 0.05) is 5.25 Å². The predicted molar refractivity (Wildman–Crippen MR) is 65.9 cm³/mol. The van der Waals surface area contributed by atoms with Crippen molar-refractivity contribution in [1.82, 2.24) is 15.5 Å². The Bertz CT molecular complexity index is 345. The molecule has 0 radical (unpaired) electrons. The molecule has 0 spiro atoms. The number of aromatic nitrogens is 2. The van der Waals surface area contributed by atoms with Crippen LogP contribution in [0.3, 0.4) is 0 Å². The molecule has 1 heterocycles. The first-order chi connectivity index (χ1) is 7.76. The van der Waals surface area contributed by atoms with Crippen LogP contribution in [0.4, 0.5) is 0 Å². The maximum absolute atomic E-state index is 5.11. The molecule has 0 aliphatic carbocycles. The topological polar surface area (TPSA) is 51.0 Å². The summed E-state index contributed by atoms with van der Waals surface area (Å²) in [4.78, 5) is 4.26. The van der Waals surface area contributed by atoms with Gasteiger partial charge in [-0.05, 0) is 6.42 Å². The molecule has 0 aromatic carbocycles. The summed E-state index contributed by atoms with van der Waals surface area (Å²) in [5, 5.41) is 7.53. The highest BCUT2D eigenvalue weighted by Crippen LogP contribution is 2.17. The maximum atomic E-state index is 5.11. The minimum absolute atomic E-state index is 0.513. The second kappa shape index (κ2) is 7.31. The zero-order valence-electron chi connectivity index (χ0n) is 9.69. The molecule has 0 bridgehead atoms. The molecule has 1 N–H and O–H groups in total. The summed E-state index contributed by atoms with van der Waals surface area (Å²) < 4.78 is 5.07. The second-order valence-corrected chi connectivity index (χ2v) is 4.87. The second-order valence-electron chi connectivity index (χ2n) is 3.44. The first-order valence-electron chi connectivity index (χ1n) is 5.33. The first kappa shape index (κ1) is 13.1. The van der Waals surface area contributed by atoms with Crippen LogP contribution in [0.2, 0.25) is 0 Å². The third kappa shape index (κ3) is 4.69. The van der Waals surface area contributed by atoms with E-state index < -0.39 is 0 Å². The lowest BCUT2D eigenvalue weighted by Crippen LogP contribution is -2.13. The highest BCUT2D eigenvalue weighted by Gasteiger charge is 2.07. The number of thioether (sulfide) groups is 1. The Kier molecular flexibility index (Phi) is 5.98. The van der Waals surface area contributed by atoms with Crippen LogP contribution in [0, 0.1) is 12.3 Å². The van der Waals surface area contributed by atoms with Gasteiger partial charge >= 0.3 is 0 Å². The van der Waals surface area contributed by atoms with Crippen molar-refractivity contribution in [3.05, 3.63) is 11.7 Å². The Hall–Kier alpha value is -0.990. The molecule has 0 amide bonds. The van der Waals surface area contributed by atoms with Crippen molar-refractivity contribution in [1.29, 1.82) is 0 Å². The SMILES string of the molecule is C#CCNCc1nc(CSC(C)CC)no1. The quantitative estimate of drug-likeness (QED) is 0.581. The molecule has 1 rings (SSSR count). The zero-order valence-corrected chi connectivity index (χ0v) is 10.5. The van der Waals surface area contributed by atoms with Crippen LogP contribution in [0.15, 0.2) is 4.52 Å². The standard InChI is InChI=1S/C11H17N3OS/c1-4-6-12-7-11-13-10(14-15-11)8-16-9(3)5-2/h1,9,12H,5-8H2,2-3H3. The van der Waals surface area contributed by atoms with Crippen molar-refractivity contribution in [2.75, 3.05) is 6.54 Å². The summed E-state index contributed by atoms with van der Waals surface area (Å²) in [6.07, 6.45) is 6.26. The molecule has 0 saturated carbocycles. The number of terminal acetylenes is 1. The van der Waals surface area contributed by atoms with Gasteiger partial charge in [-0.2, -0.15) is 16.7 Å². The summed E-state index contributed by atoms with van der Waals surface area (Å²) in [5.41, 5.74) is 0. The average molecular weight is 239 g/mol. The maximum Gasteiger partial charge on any atom is 0.240 e. The van der Waals surface area contributed by atoms with Crippen LogP contribution in [0.25, 0.3) is 0 Å². The highest BCUT2D eigenvalue weighted by molar-refractivity contribution is 7.99. The van der Waals surface area contributed by atoms with Gasteiger partial charge in [0.15, 0.2) is 5.82 Å². The summed E-state index contributed by atoms with van der Waals surface area (Å²) in [7, 11) is 0. The molecule has 88 valence electrons. The predicted octanol–water partition coefficient (Wildman–Crippen LogP) is 1.82. The minimum atomic E-state index is 0.513. The molecule has 0 fully saturated rings. The average Bonchev–Trinajstić information content (AvgIpc) is 2.74. The van der Waals surface area contributed by atoms with Gasteiger partial charge in [-0.25, -0.2) is 0 Å². The van der Waals surface area contributed by atoms with Crippen molar-refractivity contribution < 1.29 is 4.52 Å². The summed E-state index contributed by atoms with van der Waals surface area (Å²) in [6.45, 7) is 5.41. The fourth-order valence-corrected chi connectivity index (χ4v) is 1.78. The number of hydrogen-bond donors (Lipinski definition) is 1. The molecule has 1 unspecified atom stereocenters. The Balaban J connectivity index is 2.31. The number of hydrogen-bond acceptors (Lipinski definition) is 5. The van der Waals surface area contributed by atoms with Crippen molar-refractivity contribution in [3.8, 4) is 12.3 Å². The Labute approximate surface area is 101 Å². The Morgan fingerprint density at radius 2 is 2.44 bits per heavy atom. The lowest BCUT2D eigenvalue weighted by atomic mass is 10.4. The van der Waals surface area contributed by atoms with Crippen LogP contribution in [-0.2, 0) is 12.3 Å². The number of rotatable bonds is 7. The third-order valence-electron chi connectivity index (χ3n) is 2.09. The fraction of sp³-hybridized carbons (Fsp3) is 0.636. The van der Waals surface area contributed by atoms with Crippen LogP contribution >= 0.6 is 11.8 Å². The van der Waals surface area contributed by atoms with E-state index >= 15 is 0 Å². The minimum Gasteiger partial charge on any atom is -0.338 e. The van der Waals surface area contributed by atoms with E-state index in [2.05, 4.69) is 35.2 Å². The van der Waals surface area contributed by atoms with Gasteiger partial charge in [0.1, 0.15) is 0 Å². The van der Waals surface area contributed by atoms with E-state index in [-0.39, 0.29) is 0 Å². The lowest BCUT2D eigenvalue weighted by molar-refractivity contribution is 0.366. The number of nitrogens with zero attached hydrogens (tertiary/aromatic N) is 2. The van der Waals surface area contributed by atoms with Crippen LogP contribution < -0.4 is 5.32 Å². The molecular formula is C11H17N3OS. The molecule has 4 nitrogen and oxygen atoms in total. The van der Waals surface area contributed by atoms with Gasteiger partial charge in [-0.15, -0.1) is 6.42 Å². The first-order valence-corrected chi connectivity index (χ1v) is 6.38. The smallest absolute Gasteiger partial charge is 0.240 e. The molecule has 16 heavy (non-hydrogen) atoms. The normalized spacial score (nSPS) is 12.3. The Morgan fingerprint density at radius 3 is 3.12 bits per heavy atom. The third-order valence-corrected chi connectivity index (χ3v) is 3.41. The molecule has 0 aliphatic heterocycles. The Morgan fingerprint density at radius 1 is 1.62 bits per heavy atom. The molecule has 5 heteroatoms. The van der Waals surface area contributed by atoms with E-state index in [0.29, 0.717) is 24.2 Å². The lowest BCUT2D eigenvalue weighted by Gasteiger charge is -2.04. The van der Waals surface area contributed by atoms with Crippen molar-refractivity contribution in [2.45, 2.75) is 37.8 Å². The monoisotopic (exact) mass is 239 g/mol. The van der Waals surface area contributed by atoms with Crippen molar-refractivity contribution >= 4 is 11.8 Å². The fourth-order valence-electron chi connectivity index (χ4n) is 0.997. The van der Waals surface area contributed by atoms with Gasteiger partial charge in [-0.1, -0.05) is 24.9 Å². The molecule has 1 atom stereocenters. The van der Waals surface area contributed by atoms with Crippen molar-refractivity contribution in [3.63, 3.8) is 0 Å². The van der Waals surface area contributed by atoms with Gasteiger partial charge < -0.3 is 4.52 Å². The summed E-state index contributed by atoms with van der Waals surface area (Å²) in [5.74, 6) is 4.63. The highest BCUT2D eigenvalue weighted by atomic mass is 32.2. The largest absolute Gasteiger partial charge is 0.338 e. The van der Waals surface area contributed by atoms with E-state index in [1.54, 1.807) is 0 Å². The molecule has 1 aromatic heterocycles.